The standard InChI is InChI=1S/C25H45N3O7S/c1-15(2)17(13-33-19(29)12-27-22(30)16(26)9-11-36-7)28-23(31)35-18-8-10-25(14-34-25)21(20(18)32-6)24(3,4)5/h15-18,20-21H,8-14,26H2,1-7H3,(H,27,30)(H,28,31)/t16-,17?,18+,20+,21+,25-/m0/s1. The van der Waals surface area contributed by atoms with E-state index < -0.39 is 36.2 Å². The zero-order chi connectivity index (χ0) is 27.1. The number of methoxy groups -OCH3 is 1. The molecule has 2 rings (SSSR count). The Morgan fingerprint density at radius 2 is 1.92 bits per heavy atom. The van der Waals surface area contributed by atoms with Crippen LogP contribution in [0.4, 0.5) is 4.79 Å². The van der Waals surface area contributed by atoms with Crippen molar-refractivity contribution in [3.05, 3.63) is 0 Å². The summed E-state index contributed by atoms with van der Waals surface area (Å²) in [6.07, 6.45) is 2.65. The summed E-state index contributed by atoms with van der Waals surface area (Å²) >= 11 is 1.60. The molecule has 1 saturated heterocycles. The second-order valence-electron chi connectivity index (χ2n) is 11.2. The van der Waals surface area contributed by atoms with Crippen molar-refractivity contribution in [1.29, 1.82) is 0 Å². The second-order valence-corrected chi connectivity index (χ2v) is 12.1. The molecule has 36 heavy (non-hydrogen) atoms. The lowest BCUT2D eigenvalue weighted by Gasteiger charge is -2.46. The zero-order valence-corrected chi connectivity index (χ0v) is 23.6. The van der Waals surface area contributed by atoms with Crippen LogP contribution in [-0.2, 0) is 28.5 Å². The summed E-state index contributed by atoms with van der Waals surface area (Å²) in [5.74, 6) is -0.165. The van der Waals surface area contributed by atoms with Gasteiger partial charge in [-0.3, -0.25) is 9.59 Å². The molecule has 4 N–H and O–H groups in total. The van der Waals surface area contributed by atoms with E-state index in [1.165, 1.54) is 0 Å². The topological polar surface area (TPSA) is 142 Å². The van der Waals surface area contributed by atoms with E-state index in [1.807, 2.05) is 20.1 Å². The Morgan fingerprint density at radius 3 is 2.44 bits per heavy atom. The normalized spacial score (nSPS) is 27.3. The molecular formula is C25H45N3O7S. The van der Waals surface area contributed by atoms with Crippen molar-refractivity contribution in [1.82, 2.24) is 10.6 Å². The maximum absolute atomic E-state index is 12.8. The van der Waals surface area contributed by atoms with Gasteiger partial charge in [-0.2, -0.15) is 11.8 Å². The molecule has 1 unspecified atom stereocenters. The third-order valence-electron chi connectivity index (χ3n) is 7.00. The number of nitrogens with two attached hydrogens (primary N) is 1. The van der Waals surface area contributed by atoms with Crippen molar-refractivity contribution >= 4 is 29.7 Å². The van der Waals surface area contributed by atoms with Crippen LogP contribution >= 0.6 is 11.8 Å². The van der Waals surface area contributed by atoms with Gasteiger partial charge < -0.3 is 35.3 Å². The molecule has 1 aliphatic heterocycles. The van der Waals surface area contributed by atoms with E-state index in [1.54, 1.807) is 18.9 Å². The van der Waals surface area contributed by atoms with Crippen molar-refractivity contribution in [2.24, 2.45) is 23.0 Å². The highest BCUT2D eigenvalue weighted by atomic mass is 32.2. The van der Waals surface area contributed by atoms with Gasteiger partial charge in [0, 0.05) is 13.0 Å². The molecule has 11 heteroatoms. The minimum absolute atomic E-state index is 0.0186. The minimum atomic E-state index is -0.667. The average molecular weight is 532 g/mol. The number of carbonyl (C=O) groups is 3. The fourth-order valence-corrected chi connectivity index (χ4v) is 5.45. The average Bonchev–Trinajstić information content (AvgIpc) is 3.57. The minimum Gasteiger partial charge on any atom is -0.462 e. The van der Waals surface area contributed by atoms with Crippen molar-refractivity contribution in [3.8, 4) is 0 Å². The fraction of sp³-hybridized carbons (Fsp3) is 0.880. The van der Waals surface area contributed by atoms with Gasteiger partial charge in [-0.1, -0.05) is 34.6 Å². The number of nitrogens with one attached hydrogen (secondary N) is 2. The third-order valence-corrected chi connectivity index (χ3v) is 7.65. The summed E-state index contributed by atoms with van der Waals surface area (Å²) in [6, 6.07) is -1.12. The van der Waals surface area contributed by atoms with Gasteiger partial charge in [0.25, 0.3) is 0 Å². The Hall–Kier alpha value is -1.56. The van der Waals surface area contributed by atoms with Crippen LogP contribution in [0.5, 0.6) is 0 Å². The summed E-state index contributed by atoms with van der Waals surface area (Å²) in [5.41, 5.74) is 5.52. The Kier molecular flexibility index (Phi) is 11.3. The largest absolute Gasteiger partial charge is 0.462 e. The number of amides is 2. The number of rotatable bonds is 12. The lowest BCUT2D eigenvalue weighted by atomic mass is 9.64. The Bertz CT molecular complexity index is 754. The summed E-state index contributed by atoms with van der Waals surface area (Å²) in [4.78, 5) is 36.9. The van der Waals surface area contributed by atoms with Gasteiger partial charge in [0.05, 0.1) is 24.3 Å². The number of hydrogen-bond acceptors (Lipinski definition) is 9. The van der Waals surface area contributed by atoms with Crippen LogP contribution < -0.4 is 16.4 Å². The first kappa shape index (κ1) is 30.7. The van der Waals surface area contributed by atoms with Gasteiger partial charge in [0.1, 0.15) is 25.4 Å². The van der Waals surface area contributed by atoms with Gasteiger partial charge in [-0.05, 0) is 42.6 Å². The van der Waals surface area contributed by atoms with Crippen molar-refractivity contribution in [3.63, 3.8) is 0 Å². The fourth-order valence-electron chi connectivity index (χ4n) is 4.96. The molecule has 6 atom stereocenters. The van der Waals surface area contributed by atoms with Gasteiger partial charge in [0.15, 0.2) is 0 Å². The number of esters is 1. The Balaban J connectivity index is 1.85. The van der Waals surface area contributed by atoms with E-state index in [0.29, 0.717) is 19.4 Å². The van der Waals surface area contributed by atoms with Gasteiger partial charge in [-0.15, -0.1) is 0 Å². The van der Waals surface area contributed by atoms with Crippen LogP contribution in [-0.4, -0.2) is 86.7 Å². The number of epoxide rings is 1. The maximum Gasteiger partial charge on any atom is 0.407 e. The smallest absolute Gasteiger partial charge is 0.407 e. The molecule has 0 aromatic rings. The highest BCUT2D eigenvalue weighted by Gasteiger charge is 2.62. The van der Waals surface area contributed by atoms with Crippen LogP contribution in [0.1, 0.15) is 53.9 Å². The maximum atomic E-state index is 12.8. The Labute approximate surface area is 219 Å². The molecule has 2 fully saturated rings. The molecule has 2 aliphatic rings. The van der Waals surface area contributed by atoms with Gasteiger partial charge in [-0.25, -0.2) is 4.79 Å². The van der Waals surface area contributed by atoms with Crippen LogP contribution in [0.3, 0.4) is 0 Å². The molecule has 1 aliphatic carbocycles. The molecule has 1 spiro atoms. The predicted octanol–water partition coefficient (Wildman–Crippen LogP) is 2.09. The molecular weight excluding hydrogens is 486 g/mol. The molecule has 1 saturated carbocycles. The van der Waals surface area contributed by atoms with E-state index in [0.717, 1.165) is 12.2 Å². The highest BCUT2D eigenvalue weighted by Crippen LogP contribution is 2.54. The van der Waals surface area contributed by atoms with E-state index in [9.17, 15) is 14.4 Å². The van der Waals surface area contributed by atoms with Crippen molar-refractivity contribution < 1.29 is 33.3 Å². The van der Waals surface area contributed by atoms with E-state index in [2.05, 4.69) is 31.4 Å². The molecule has 208 valence electrons. The molecule has 0 radical (unpaired) electrons. The first-order chi connectivity index (χ1) is 16.8. The highest BCUT2D eigenvalue weighted by molar-refractivity contribution is 7.98. The van der Waals surface area contributed by atoms with Crippen LogP contribution in [0.15, 0.2) is 0 Å². The quantitative estimate of drug-likeness (QED) is 0.255. The Morgan fingerprint density at radius 1 is 1.25 bits per heavy atom. The van der Waals surface area contributed by atoms with Crippen LogP contribution in [0, 0.1) is 17.3 Å². The van der Waals surface area contributed by atoms with E-state index in [4.69, 9.17) is 24.7 Å². The molecule has 0 aromatic carbocycles. The van der Waals surface area contributed by atoms with Crippen LogP contribution in [0.2, 0.25) is 0 Å². The van der Waals surface area contributed by atoms with Crippen molar-refractivity contribution in [2.75, 3.05) is 38.9 Å². The van der Waals surface area contributed by atoms with Crippen LogP contribution in [0.25, 0.3) is 0 Å². The monoisotopic (exact) mass is 531 g/mol. The lowest BCUT2D eigenvalue weighted by Crippen LogP contribution is -2.55. The van der Waals surface area contributed by atoms with E-state index >= 15 is 0 Å². The van der Waals surface area contributed by atoms with E-state index in [-0.39, 0.29) is 42.1 Å². The number of alkyl carbamates (subject to hydrolysis) is 1. The molecule has 0 bridgehead atoms. The van der Waals surface area contributed by atoms with Crippen molar-refractivity contribution in [2.45, 2.75) is 83.8 Å². The summed E-state index contributed by atoms with van der Waals surface area (Å²) in [7, 11) is 1.64. The lowest BCUT2D eigenvalue weighted by molar-refractivity contribution is -0.145. The summed E-state index contributed by atoms with van der Waals surface area (Å²) in [5, 5.41) is 5.32. The summed E-state index contributed by atoms with van der Waals surface area (Å²) in [6.45, 7) is 10.7. The molecule has 10 nitrogen and oxygen atoms in total. The summed E-state index contributed by atoms with van der Waals surface area (Å²) < 4.78 is 22.8. The number of thioether (sulfide) groups is 1. The van der Waals surface area contributed by atoms with Gasteiger partial charge >= 0.3 is 12.1 Å². The number of carbonyl (C=O) groups excluding carboxylic acids is 3. The first-order valence-corrected chi connectivity index (χ1v) is 14.1. The second kappa shape index (κ2) is 13.3. The molecule has 2 amide bonds. The first-order valence-electron chi connectivity index (χ1n) is 12.7. The predicted molar refractivity (Wildman–Crippen MR) is 139 cm³/mol. The molecule has 0 aromatic heterocycles. The molecule has 1 heterocycles. The van der Waals surface area contributed by atoms with Gasteiger partial charge in [0.2, 0.25) is 5.91 Å². The zero-order valence-electron chi connectivity index (χ0n) is 22.8. The SMILES string of the molecule is CO[C@H]1[C@H](C(C)(C)C)[C@]2(CC[C@H]1OC(=O)NC(COC(=O)CNC(=O)[C@@H](N)CCSC)C(C)C)CO2. The number of hydrogen-bond donors (Lipinski definition) is 3. The third kappa shape index (κ3) is 8.49. The number of ether oxygens (including phenoxy) is 4.